The van der Waals surface area contributed by atoms with Gasteiger partial charge in [-0.25, -0.2) is 0 Å². The first-order chi connectivity index (χ1) is 14.1. The minimum atomic E-state index is -1.10. The lowest BCUT2D eigenvalue weighted by Gasteiger charge is -2.21. The van der Waals surface area contributed by atoms with Gasteiger partial charge in [-0.3, -0.25) is 0 Å². The summed E-state index contributed by atoms with van der Waals surface area (Å²) in [7, 11) is 0. The summed E-state index contributed by atoms with van der Waals surface area (Å²) in [5.41, 5.74) is 0. The van der Waals surface area contributed by atoms with Crippen molar-refractivity contribution in [2.45, 2.75) is 128 Å². The van der Waals surface area contributed by atoms with Gasteiger partial charge in [-0.2, -0.15) is 0 Å². The third kappa shape index (κ3) is 12.2. The van der Waals surface area contributed by atoms with Gasteiger partial charge in [0, 0.05) is 6.42 Å². The van der Waals surface area contributed by atoms with Gasteiger partial charge in [-0.1, -0.05) is 90.4 Å². The predicted molar refractivity (Wildman–Crippen MR) is 121 cm³/mol. The summed E-state index contributed by atoms with van der Waals surface area (Å²) >= 11 is 5.27. The Morgan fingerprint density at radius 3 is 1.90 bits per heavy atom. The second-order valence-electron chi connectivity index (χ2n) is 8.41. The molecule has 0 amide bonds. The minimum Gasteiger partial charge on any atom is -0.479 e. The third-order valence-corrected chi connectivity index (χ3v) is 6.05. The van der Waals surface area contributed by atoms with Crippen LogP contribution in [0.1, 0.15) is 103 Å². The zero-order chi connectivity index (χ0) is 21.3. The summed E-state index contributed by atoms with van der Waals surface area (Å²) < 4.78 is 10.9. The summed E-state index contributed by atoms with van der Waals surface area (Å²) in [6, 6.07) is 0. The van der Waals surface area contributed by atoms with E-state index in [1.165, 1.54) is 77.0 Å². The molecule has 1 fully saturated rings. The molecule has 172 valence electrons. The summed E-state index contributed by atoms with van der Waals surface area (Å²) in [5.74, 6) is 0. The Bertz CT molecular complexity index is 407. The predicted octanol–water partition coefficient (Wildman–Crippen LogP) is 4.68. The van der Waals surface area contributed by atoms with Crippen LogP contribution in [0.3, 0.4) is 0 Å². The Morgan fingerprint density at radius 1 is 0.931 bits per heavy atom. The smallest absolute Gasteiger partial charge is 0.160 e. The molecule has 29 heavy (non-hydrogen) atoms. The Kier molecular flexibility index (Phi) is 16.1. The van der Waals surface area contributed by atoms with Gasteiger partial charge in [0.2, 0.25) is 0 Å². The summed E-state index contributed by atoms with van der Waals surface area (Å²) in [4.78, 5) is 0. The van der Waals surface area contributed by atoms with Crippen LogP contribution in [0, 0.1) is 0 Å². The molecule has 0 aromatic rings. The summed E-state index contributed by atoms with van der Waals surface area (Å²) in [5, 5.41) is 29.2. The number of hydrogen-bond donors (Lipinski definition) is 3. The molecule has 1 saturated heterocycles. The van der Waals surface area contributed by atoms with E-state index in [4.69, 9.17) is 26.8 Å². The first-order valence-corrected chi connectivity index (χ1v) is 12.3. The molecule has 1 aliphatic heterocycles. The van der Waals surface area contributed by atoms with Crippen molar-refractivity contribution in [3.8, 4) is 0 Å². The minimum absolute atomic E-state index is 0.182. The average molecular weight is 433 g/mol. The molecule has 0 saturated carbocycles. The highest BCUT2D eigenvalue weighted by Crippen LogP contribution is 2.21. The fraction of sp³-hybridized carbons (Fsp3) is 0.957. The van der Waals surface area contributed by atoms with Crippen LogP contribution in [0.2, 0.25) is 0 Å². The van der Waals surface area contributed by atoms with Crippen LogP contribution in [-0.4, -0.2) is 58.0 Å². The van der Waals surface area contributed by atoms with E-state index in [0.29, 0.717) is 11.5 Å². The Labute approximate surface area is 183 Å². The standard InChI is InChI=1S/C23H44O5S/c1-2-3-4-5-6-7-8-9-10-11-12-13-14-15-16-21(29)28-20-18-27-23(22(20)26)19(25)17-24/h19-20,22-26H,2-18H2,1H3/t19-,20+,22-,23-/m0/s1. The molecule has 0 aromatic heterocycles. The topological polar surface area (TPSA) is 79.2 Å². The van der Waals surface area contributed by atoms with Gasteiger partial charge in [0.15, 0.2) is 11.2 Å². The van der Waals surface area contributed by atoms with Crippen LogP contribution >= 0.6 is 12.2 Å². The molecule has 5 nitrogen and oxygen atoms in total. The molecule has 1 rings (SSSR count). The highest BCUT2D eigenvalue weighted by Gasteiger charge is 2.41. The lowest BCUT2D eigenvalue weighted by molar-refractivity contribution is -0.0679. The molecule has 1 heterocycles. The molecular formula is C23H44O5S. The molecule has 0 radical (unpaired) electrons. The van der Waals surface area contributed by atoms with Crippen LogP contribution in [0.15, 0.2) is 0 Å². The number of ether oxygens (including phenoxy) is 2. The van der Waals surface area contributed by atoms with Gasteiger partial charge in [0.05, 0.1) is 13.2 Å². The Morgan fingerprint density at radius 2 is 1.41 bits per heavy atom. The lowest BCUT2D eigenvalue weighted by atomic mass is 10.0. The summed E-state index contributed by atoms with van der Waals surface area (Å²) in [6.07, 6.45) is 15.8. The first-order valence-electron chi connectivity index (χ1n) is 11.9. The van der Waals surface area contributed by atoms with Crippen LogP contribution in [0.5, 0.6) is 0 Å². The molecule has 0 unspecified atom stereocenters. The van der Waals surface area contributed by atoms with Crippen molar-refractivity contribution in [3.63, 3.8) is 0 Å². The van der Waals surface area contributed by atoms with E-state index < -0.39 is 31.0 Å². The lowest BCUT2D eigenvalue weighted by Crippen LogP contribution is -2.41. The fourth-order valence-electron chi connectivity index (χ4n) is 3.85. The molecule has 0 spiro atoms. The van der Waals surface area contributed by atoms with Crippen LogP contribution < -0.4 is 0 Å². The molecule has 3 N–H and O–H groups in total. The number of aliphatic hydroxyl groups excluding tert-OH is 3. The number of unbranched alkanes of at least 4 members (excludes halogenated alkanes) is 13. The van der Waals surface area contributed by atoms with Crippen LogP contribution in [0.25, 0.3) is 0 Å². The van der Waals surface area contributed by atoms with Gasteiger partial charge >= 0.3 is 0 Å². The SMILES string of the molecule is CCCCCCCCCCCCCCCCC(=S)O[C@@H]1CO[C@@H]([C@@H](O)CO)[C@H]1O. The zero-order valence-corrected chi connectivity index (χ0v) is 19.2. The number of thiocarbonyl (C=S) groups is 1. The maximum Gasteiger partial charge on any atom is 0.160 e. The van der Waals surface area contributed by atoms with Crippen molar-refractivity contribution in [1.29, 1.82) is 0 Å². The van der Waals surface area contributed by atoms with Gasteiger partial charge in [0.25, 0.3) is 0 Å². The van der Waals surface area contributed by atoms with Crippen LogP contribution in [0.4, 0.5) is 0 Å². The second-order valence-corrected chi connectivity index (χ2v) is 8.87. The van der Waals surface area contributed by atoms with E-state index in [1.807, 2.05) is 0 Å². The highest BCUT2D eigenvalue weighted by atomic mass is 32.1. The quantitative estimate of drug-likeness (QED) is 0.215. The molecule has 4 atom stereocenters. The Balaban J connectivity index is 1.90. The summed E-state index contributed by atoms with van der Waals surface area (Å²) in [6.45, 7) is 2.00. The van der Waals surface area contributed by atoms with Gasteiger partial charge < -0.3 is 24.8 Å². The molecule has 6 heteroatoms. The van der Waals surface area contributed by atoms with Crippen molar-refractivity contribution in [2.24, 2.45) is 0 Å². The monoisotopic (exact) mass is 432 g/mol. The van der Waals surface area contributed by atoms with E-state index in [0.717, 1.165) is 12.8 Å². The van der Waals surface area contributed by atoms with E-state index in [-0.39, 0.29) is 6.61 Å². The van der Waals surface area contributed by atoms with Crippen molar-refractivity contribution in [3.05, 3.63) is 0 Å². The molecular weight excluding hydrogens is 388 g/mol. The van der Waals surface area contributed by atoms with Crippen molar-refractivity contribution >= 4 is 17.3 Å². The maximum atomic E-state index is 10.1. The second kappa shape index (κ2) is 17.4. The molecule has 0 bridgehead atoms. The third-order valence-electron chi connectivity index (χ3n) is 5.75. The van der Waals surface area contributed by atoms with Crippen molar-refractivity contribution in [1.82, 2.24) is 0 Å². The maximum absolute atomic E-state index is 10.1. The van der Waals surface area contributed by atoms with Gasteiger partial charge in [-0.15, -0.1) is 0 Å². The molecule has 0 aliphatic carbocycles. The van der Waals surface area contributed by atoms with E-state index in [2.05, 4.69) is 6.92 Å². The molecule has 1 aliphatic rings. The van der Waals surface area contributed by atoms with Crippen LogP contribution in [-0.2, 0) is 9.47 Å². The zero-order valence-electron chi connectivity index (χ0n) is 18.4. The normalized spacial score (nSPS) is 22.7. The highest BCUT2D eigenvalue weighted by molar-refractivity contribution is 7.80. The largest absolute Gasteiger partial charge is 0.479 e. The van der Waals surface area contributed by atoms with E-state index in [9.17, 15) is 10.2 Å². The molecule has 0 aromatic carbocycles. The average Bonchev–Trinajstić information content (AvgIpc) is 3.07. The number of aliphatic hydroxyl groups is 3. The first kappa shape index (κ1) is 26.8. The van der Waals surface area contributed by atoms with Gasteiger partial charge in [0.1, 0.15) is 18.3 Å². The number of hydrogen-bond acceptors (Lipinski definition) is 6. The van der Waals surface area contributed by atoms with Crippen molar-refractivity contribution in [2.75, 3.05) is 13.2 Å². The van der Waals surface area contributed by atoms with E-state index >= 15 is 0 Å². The van der Waals surface area contributed by atoms with Gasteiger partial charge in [-0.05, 0) is 18.6 Å². The Hall–Kier alpha value is -0.270. The number of rotatable bonds is 18. The van der Waals surface area contributed by atoms with Crippen molar-refractivity contribution < 1.29 is 24.8 Å². The van der Waals surface area contributed by atoms with E-state index in [1.54, 1.807) is 0 Å². The fourth-order valence-corrected chi connectivity index (χ4v) is 4.12.